The summed E-state index contributed by atoms with van der Waals surface area (Å²) in [5.41, 5.74) is 0. The van der Waals surface area contributed by atoms with Gasteiger partial charge in [0.1, 0.15) is 6.10 Å². The van der Waals surface area contributed by atoms with Gasteiger partial charge in [0, 0.05) is 12.8 Å². The molecule has 1 saturated heterocycles. The molecular weight excluding hydrogens is 228 g/mol. The van der Waals surface area contributed by atoms with E-state index in [9.17, 15) is 14.4 Å². The molecule has 1 aliphatic rings. The number of aliphatic carboxylic acids is 2. The molecule has 1 aliphatic heterocycles. The molecule has 0 unspecified atom stereocenters. The van der Waals surface area contributed by atoms with Crippen LogP contribution in [0.4, 0.5) is 0 Å². The van der Waals surface area contributed by atoms with Gasteiger partial charge in [0.15, 0.2) is 11.9 Å². The number of rotatable bonds is 5. The molecule has 0 saturated carbocycles. The monoisotopic (exact) mass is 244 g/mol. The van der Waals surface area contributed by atoms with Crippen LogP contribution in [0.25, 0.3) is 0 Å². The normalized spacial score (nSPS) is 28.3. The van der Waals surface area contributed by atoms with Crippen molar-refractivity contribution in [1.29, 1.82) is 0 Å². The van der Waals surface area contributed by atoms with Crippen LogP contribution in [0.15, 0.2) is 0 Å². The van der Waals surface area contributed by atoms with Gasteiger partial charge in [0.25, 0.3) is 0 Å². The van der Waals surface area contributed by atoms with Gasteiger partial charge in [-0.2, -0.15) is 0 Å². The summed E-state index contributed by atoms with van der Waals surface area (Å²) in [6, 6.07) is 0. The fourth-order valence-electron chi connectivity index (χ4n) is 1.89. The van der Waals surface area contributed by atoms with Gasteiger partial charge in [-0.3, -0.25) is 9.59 Å². The average Bonchev–Trinajstić information content (AvgIpc) is 2.60. The summed E-state index contributed by atoms with van der Waals surface area (Å²) in [7, 11) is 0. The molecule has 1 fully saturated rings. The maximum Gasteiger partial charge on any atom is 0.332 e. The Morgan fingerprint density at radius 2 is 1.82 bits per heavy atom. The lowest BCUT2D eigenvalue weighted by atomic mass is 9.93. The zero-order chi connectivity index (χ0) is 13.2. The van der Waals surface area contributed by atoms with Gasteiger partial charge in [0.2, 0.25) is 0 Å². The van der Waals surface area contributed by atoms with Crippen molar-refractivity contribution in [3.05, 3.63) is 0 Å². The van der Waals surface area contributed by atoms with E-state index in [0.717, 1.165) is 0 Å². The van der Waals surface area contributed by atoms with Crippen LogP contribution in [-0.4, -0.2) is 40.1 Å². The molecule has 0 aromatic carbocycles. The fourth-order valence-corrected chi connectivity index (χ4v) is 1.89. The number of ketones is 1. The van der Waals surface area contributed by atoms with Crippen molar-refractivity contribution in [2.75, 3.05) is 0 Å². The standard InChI is InChI=1S/C11H16O6/c1-5(2)3-7(12)9-6(10(13)14)4-8(17-9)11(15)16/h5-6,8-9H,3-4H2,1-2H3,(H,13,14)(H,15,16)/t6-,8-,9-/m1/s1. The molecule has 2 N–H and O–H groups in total. The third kappa shape index (κ3) is 3.26. The Kier molecular flexibility index (Phi) is 4.22. The van der Waals surface area contributed by atoms with Crippen molar-refractivity contribution in [3.8, 4) is 0 Å². The molecular formula is C11H16O6. The Bertz CT molecular complexity index is 335. The van der Waals surface area contributed by atoms with E-state index in [1.165, 1.54) is 0 Å². The van der Waals surface area contributed by atoms with Crippen molar-refractivity contribution in [1.82, 2.24) is 0 Å². The highest BCUT2D eigenvalue weighted by molar-refractivity contribution is 5.90. The lowest BCUT2D eigenvalue weighted by Crippen LogP contribution is -2.32. The quantitative estimate of drug-likeness (QED) is 0.732. The molecule has 96 valence electrons. The Labute approximate surface area is 98.6 Å². The lowest BCUT2D eigenvalue weighted by Gasteiger charge is -2.14. The molecule has 0 spiro atoms. The molecule has 0 radical (unpaired) electrons. The summed E-state index contributed by atoms with van der Waals surface area (Å²) in [6.45, 7) is 3.66. The van der Waals surface area contributed by atoms with Crippen molar-refractivity contribution in [2.45, 2.75) is 38.9 Å². The second-order valence-corrected chi connectivity index (χ2v) is 4.63. The minimum atomic E-state index is -1.23. The van der Waals surface area contributed by atoms with Crippen molar-refractivity contribution < 1.29 is 29.3 Å². The van der Waals surface area contributed by atoms with Crippen LogP contribution in [0, 0.1) is 11.8 Å². The van der Waals surface area contributed by atoms with Crippen LogP contribution >= 0.6 is 0 Å². The lowest BCUT2D eigenvalue weighted by molar-refractivity contribution is -0.154. The highest BCUT2D eigenvalue weighted by atomic mass is 16.5. The van der Waals surface area contributed by atoms with E-state index in [2.05, 4.69) is 0 Å². The number of hydrogen-bond acceptors (Lipinski definition) is 4. The molecule has 6 nitrogen and oxygen atoms in total. The van der Waals surface area contributed by atoms with Crippen molar-refractivity contribution in [3.63, 3.8) is 0 Å². The highest BCUT2D eigenvalue weighted by Crippen LogP contribution is 2.29. The molecule has 1 heterocycles. The molecule has 0 aliphatic carbocycles. The Morgan fingerprint density at radius 3 is 2.24 bits per heavy atom. The summed E-state index contributed by atoms with van der Waals surface area (Å²) >= 11 is 0. The molecule has 3 atom stereocenters. The zero-order valence-corrected chi connectivity index (χ0v) is 9.75. The molecule has 1 rings (SSSR count). The molecule has 0 aromatic heterocycles. The maximum absolute atomic E-state index is 11.8. The van der Waals surface area contributed by atoms with E-state index in [-0.39, 0.29) is 24.5 Å². The molecule has 0 amide bonds. The molecule has 0 aromatic rings. The summed E-state index contributed by atoms with van der Waals surface area (Å²) in [6.07, 6.45) is -2.28. The topological polar surface area (TPSA) is 101 Å². The van der Waals surface area contributed by atoms with Gasteiger partial charge in [-0.1, -0.05) is 13.8 Å². The largest absolute Gasteiger partial charge is 0.481 e. The fraction of sp³-hybridized carbons (Fsp3) is 0.727. The number of carboxylic acids is 2. The molecule has 17 heavy (non-hydrogen) atoms. The predicted octanol–water partition coefficient (Wildman–Crippen LogP) is 0.544. The SMILES string of the molecule is CC(C)CC(=O)[C@@H]1O[C@@H](C(=O)O)C[C@H]1C(=O)O. The molecule has 6 heteroatoms. The summed E-state index contributed by atoms with van der Waals surface area (Å²) in [4.78, 5) is 33.4. The third-order valence-electron chi connectivity index (χ3n) is 2.66. The summed E-state index contributed by atoms with van der Waals surface area (Å²) < 4.78 is 5.03. The second kappa shape index (κ2) is 5.27. The van der Waals surface area contributed by atoms with Crippen LogP contribution in [0.3, 0.4) is 0 Å². The minimum Gasteiger partial charge on any atom is -0.481 e. The predicted molar refractivity (Wildman–Crippen MR) is 56.5 cm³/mol. The van der Waals surface area contributed by atoms with Gasteiger partial charge in [-0.25, -0.2) is 4.79 Å². The van der Waals surface area contributed by atoms with Gasteiger partial charge in [0.05, 0.1) is 5.92 Å². The van der Waals surface area contributed by atoms with E-state index >= 15 is 0 Å². The van der Waals surface area contributed by atoms with Crippen LogP contribution in [0.1, 0.15) is 26.7 Å². The van der Waals surface area contributed by atoms with E-state index in [0.29, 0.717) is 0 Å². The first-order valence-electron chi connectivity index (χ1n) is 5.46. The maximum atomic E-state index is 11.8. The summed E-state index contributed by atoms with van der Waals surface area (Å²) in [5, 5.41) is 17.7. The van der Waals surface area contributed by atoms with Crippen LogP contribution in [0.2, 0.25) is 0 Å². The van der Waals surface area contributed by atoms with E-state index < -0.39 is 30.1 Å². The van der Waals surface area contributed by atoms with Crippen molar-refractivity contribution >= 4 is 17.7 Å². The number of carbonyl (C=O) groups is 3. The first kappa shape index (κ1) is 13.6. The number of carboxylic acid groups (broad SMARTS) is 2. The number of ether oxygens (including phenoxy) is 1. The zero-order valence-electron chi connectivity index (χ0n) is 9.75. The highest BCUT2D eigenvalue weighted by Gasteiger charge is 2.46. The second-order valence-electron chi connectivity index (χ2n) is 4.63. The molecule has 0 bridgehead atoms. The summed E-state index contributed by atoms with van der Waals surface area (Å²) in [5.74, 6) is -3.71. The van der Waals surface area contributed by atoms with E-state index in [1.54, 1.807) is 0 Å². The minimum absolute atomic E-state index is 0.0874. The van der Waals surface area contributed by atoms with Crippen molar-refractivity contribution in [2.24, 2.45) is 11.8 Å². The average molecular weight is 244 g/mol. The van der Waals surface area contributed by atoms with Gasteiger partial charge < -0.3 is 14.9 Å². The van der Waals surface area contributed by atoms with Gasteiger partial charge in [-0.05, 0) is 5.92 Å². The Morgan fingerprint density at radius 1 is 1.24 bits per heavy atom. The van der Waals surface area contributed by atoms with Gasteiger partial charge >= 0.3 is 11.9 Å². The van der Waals surface area contributed by atoms with Crippen LogP contribution in [-0.2, 0) is 19.1 Å². The number of hydrogen-bond donors (Lipinski definition) is 2. The Hall–Kier alpha value is -1.43. The number of Topliss-reactive ketones (excluding diaryl/α,β-unsaturated/α-hetero) is 1. The first-order valence-corrected chi connectivity index (χ1v) is 5.46. The smallest absolute Gasteiger partial charge is 0.332 e. The van der Waals surface area contributed by atoms with E-state index in [1.807, 2.05) is 13.8 Å². The van der Waals surface area contributed by atoms with Crippen LogP contribution in [0.5, 0.6) is 0 Å². The first-order chi connectivity index (χ1) is 7.82. The number of carbonyl (C=O) groups excluding carboxylic acids is 1. The third-order valence-corrected chi connectivity index (χ3v) is 2.66. The van der Waals surface area contributed by atoms with E-state index in [4.69, 9.17) is 14.9 Å². The van der Waals surface area contributed by atoms with Gasteiger partial charge in [-0.15, -0.1) is 0 Å². The van der Waals surface area contributed by atoms with Crippen LogP contribution < -0.4 is 0 Å². The Balaban J connectivity index is 2.78.